The van der Waals surface area contributed by atoms with Gasteiger partial charge in [-0.3, -0.25) is 9.97 Å². The van der Waals surface area contributed by atoms with Crippen molar-refractivity contribution in [1.29, 1.82) is 0 Å². The lowest BCUT2D eigenvalue weighted by Crippen LogP contribution is -1.92. The number of rotatable bonds is 0. The third-order valence-corrected chi connectivity index (χ3v) is 9.54. The van der Waals surface area contributed by atoms with Crippen LogP contribution in [0, 0.1) is 55.4 Å². The van der Waals surface area contributed by atoms with Crippen LogP contribution in [0.3, 0.4) is 0 Å². The molecule has 0 fully saturated rings. The van der Waals surface area contributed by atoms with E-state index in [1.807, 2.05) is 26.2 Å². The molecule has 0 saturated carbocycles. The molecule has 0 atom stereocenters. The second-order valence-electron chi connectivity index (χ2n) is 11.6. The van der Waals surface area contributed by atoms with Gasteiger partial charge in [-0.25, -0.2) is 0 Å². The van der Waals surface area contributed by atoms with Crippen molar-refractivity contribution < 1.29 is 8.83 Å². The van der Waals surface area contributed by atoms with Crippen molar-refractivity contribution in [2.24, 2.45) is 0 Å². The van der Waals surface area contributed by atoms with E-state index in [0.29, 0.717) is 0 Å². The first-order valence-electron chi connectivity index (χ1n) is 14.1. The van der Waals surface area contributed by atoms with Crippen LogP contribution in [0.1, 0.15) is 67.2 Å². The summed E-state index contributed by atoms with van der Waals surface area (Å²) in [7, 11) is 0. The van der Waals surface area contributed by atoms with E-state index in [1.54, 1.807) is 0 Å². The van der Waals surface area contributed by atoms with Crippen LogP contribution in [0.15, 0.2) is 45.5 Å². The fourth-order valence-electron chi connectivity index (χ4n) is 6.56. The highest BCUT2D eigenvalue weighted by atomic mass is 16.3. The molecule has 0 unspecified atom stereocenters. The zero-order valence-electron chi connectivity index (χ0n) is 24.6. The average Bonchev–Trinajstić information content (AvgIpc) is 3.66. The van der Waals surface area contributed by atoms with Gasteiger partial charge in [0.15, 0.2) is 0 Å². The Labute approximate surface area is 235 Å². The molecule has 0 amide bonds. The summed E-state index contributed by atoms with van der Waals surface area (Å²) >= 11 is 0. The summed E-state index contributed by atoms with van der Waals surface area (Å²) in [6, 6.07) is 8.62. The van der Waals surface area contributed by atoms with Crippen LogP contribution in [0.4, 0.5) is 0 Å². The first kappa shape index (κ1) is 24.8. The van der Waals surface area contributed by atoms with Gasteiger partial charge in [0.1, 0.15) is 22.7 Å². The number of hydrogen-bond donors (Lipinski definition) is 0. The second kappa shape index (κ2) is 8.66. The van der Waals surface area contributed by atoms with Crippen molar-refractivity contribution in [3.05, 3.63) is 104 Å². The monoisotopic (exact) mass is 526 g/mol. The van der Waals surface area contributed by atoms with Crippen LogP contribution in [0.5, 0.6) is 0 Å². The van der Waals surface area contributed by atoms with Gasteiger partial charge in [-0.2, -0.15) is 0 Å². The van der Waals surface area contributed by atoms with Crippen molar-refractivity contribution in [2.45, 2.75) is 68.2 Å². The molecular weight excluding hydrogens is 492 g/mol. The van der Waals surface area contributed by atoms with Crippen molar-refractivity contribution in [2.75, 3.05) is 0 Å². The number of aromatic nitrogens is 2. The zero-order valence-corrected chi connectivity index (χ0v) is 24.6. The first-order chi connectivity index (χ1) is 19.2. The second-order valence-corrected chi connectivity index (χ2v) is 11.6. The summed E-state index contributed by atoms with van der Waals surface area (Å²) in [5.74, 6) is 2.04. The summed E-state index contributed by atoms with van der Waals surface area (Å²) in [6.07, 6.45) is 5.88. The minimum atomic E-state index is 0.939. The van der Waals surface area contributed by atoms with Gasteiger partial charge in [-0.05, 0) is 118 Å². The SMILES string of the molecule is Cc1cnc2c(c1C)Cc1c-2ccc2c(C)c(C)oc12.Cc1cnc2c(c1C)Cc1c-2ccc2oc(C)c(C)c12. The van der Waals surface area contributed by atoms with Crippen LogP contribution in [0.2, 0.25) is 0 Å². The van der Waals surface area contributed by atoms with E-state index in [9.17, 15) is 0 Å². The van der Waals surface area contributed by atoms with Gasteiger partial charge in [0.2, 0.25) is 0 Å². The fraction of sp³-hybridized carbons (Fsp3) is 0.278. The zero-order chi connectivity index (χ0) is 28.0. The third-order valence-electron chi connectivity index (χ3n) is 9.54. The van der Waals surface area contributed by atoms with E-state index in [1.165, 1.54) is 77.5 Å². The number of hydrogen-bond acceptors (Lipinski definition) is 4. The Balaban J connectivity index is 0.000000132. The molecule has 8 rings (SSSR count). The van der Waals surface area contributed by atoms with Gasteiger partial charge in [-0.15, -0.1) is 0 Å². The van der Waals surface area contributed by atoms with Crippen molar-refractivity contribution in [1.82, 2.24) is 9.97 Å². The van der Waals surface area contributed by atoms with Gasteiger partial charge in [0.05, 0.1) is 11.4 Å². The lowest BCUT2D eigenvalue weighted by molar-refractivity contribution is 0.572. The van der Waals surface area contributed by atoms with E-state index in [4.69, 9.17) is 8.83 Å². The summed E-state index contributed by atoms with van der Waals surface area (Å²) in [5.41, 5.74) is 20.1. The number of benzene rings is 2. The number of aryl methyl sites for hydroxylation is 6. The molecule has 200 valence electrons. The fourth-order valence-corrected chi connectivity index (χ4v) is 6.56. The minimum Gasteiger partial charge on any atom is -0.461 e. The highest BCUT2D eigenvalue weighted by molar-refractivity contribution is 5.95. The van der Waals surface area contributed by atoms with Gasteiger partial charge in [0.25, 0.3) is 0 Å². The van der Waals surface area contributed by atoms with E-state index in [-0.39, 0.29) is 0 Å². The standard InChI is InChI=1S/2C18H17NO/c1-9-8-19-18-13-5-6-16-17(11(3)12(4)20-16)15(13)7-14(18)10(9)2;1-9-8-19-17-14-6-5-13-11(3)12(4)20-18(13)16(14)7-15(17)10(9)2/h2*5-6,8H,7H2,1-4H3. The quantitative estimate of drug-likeness (QED) is 0.198. The normalized spacial score (nSPS) is 12.8. The molecule has 2 aromatic carbocycles. The predicted octanol–water partition coefficient (Wildman–Crippen LogP) is 9.27. The molecule has 0 spiro atoms. The Hall–Kier alpha value is -4.18. The van der Waals surface area contributed by atoms with Crippen LogP contribution in [-0.4, -0.2) is 9.97 Å². The summed E-state index contributed by atoms with van der Waals surface area (Å²) in [6.45, 7) is 17.0. The lowest BCUT2D eigenvalue weighted by Gasteiger charge is -2.05. The Morgan fingerprint density at radius 1 is 0.550 bits per heavy atom. The molecule has 0 saturated heterocycles. The number of nitrogens with zero attached hydrogens (tertiary/aromatic N) is 2. The van der Waals surface area contributed by atoms with Crippen molar-refractivity contribution in [3.63, 3.8) is 0 Å². The molecular formula is C36H34N2O2. The van der Waals surface area contributed by atoms with Crippen LogP contribution >= 0.6 is 0 Å². The molecule has 0 aliphatic heterocycles. The first-order valence-corrected chi connectivity index (χ1v) is 14.1. The van der Waals surface area contributed by atoms with Gasteiger partial charge >= 0.3 is 0 Å². The summed E-state index contributed by atoms with van der Waals surface area (Å²) in [4.78, 5) is 9.33. The summed E-state index contributed by atoms with van der Waals surface area (Å²) < 4.78 is 11.9. The van der Waals surface area contributed by atoms with Crippen LogP contribution in [-0.2, 0) is 12.8 Å². The summed E-state index contributed by atoms with van der Waals surface area (Å²) in [5, 5.41) is 2.53. The Bertz CT molecular complexity index is 2040. The maximum Gasteiger partial charge on any atom is 0.138 e. The van der Waals surface area contributed by atoms with Gasteiger partial charge in [-0.1, -0.05) is 12.1 Å². The number of fused-ring (bicyclic) bond motifs is 10. The molecule has 40 heavy (non-hydrogen) atoms. The molecule has 4 heteroatoms. The molecule has 6 aromatic rings. The Morgan fingerprint density at radius 2 is 1.10 bits per heavy atom. The van der Waals surface area contributed by atoms with Gasteiger partial charge in [0, 0.05) is 52.7 Å². The lowest BCUT2D eigenvalue weighted by atomic mass is 10.0. The minimum absolute atomic E-state index is 0.939. The van der Waals surface area contributed by atoms with Crippen LogP contribution < -0.4 is 0 Å². The van der Waals surface area contributed by atoms with E-state index >= 15 is 0 Å². The average molecular weight is 527 g/mol. The molecule has 0 bridgehead atoms. The largest absolute Gasteiger partial charge is 0.461 e. The molecule has 2 aliphatic carbocycles. The maximum atomic E-state index is 6.02. The molecule has 0 N–H and O–H groups in total. The molecule has 0 radical (unpaired) electrons. The van der Waals surface area contributed by atoms with Crippen molar-refractivity contribution >= 4 is 21.9 Å². The Morgan fingerprint density at radius 3 is 1.75 bits per heavy atom. The number of furan rings is 2. The number of pyridine rings is 2. The smallest absolute Gasteiger partial charge is 0.138 e. The van der Waals surface area contributed by atoms with Gasteiger partial charge < -0.3 is 8.83 Å². The van der Waals surface area contributed by atoms with E-state index < -0.39 is 0 Å². The van der Waals surface area contributed by atoms with E-state index in [2.05, 4.69) is 75.8 Å². The highest BCUT2D eigenvalue weighted by Gasteiger charge is 2.27. The van der Waals surface area contributed by atoms with E-state index in [0.717, 1.165) is 46.9 Å². The van der Waals surface area contributed by atoms with Crippen LogP contribution in [0.25, 0.3) is 44.5 Å². The van der Waals surface area contributed by atoms with Crippen molar-refractivity contribution in [3.8, 4) is 22.5 Å². The maximum absolute atomic E-state index is 6.02. The third kappa shape index (κ3) is 3.38. The molecule has 4 heterocycles. The predicted molar refractivity (Wildman–Crippen MR) is 162 cm³/mol. The molecule has 2 aliphatic rings. The topological polar surface area (TPSA) is 52.1 Å². The Kier molecular flexibility index (Phi) is 5.38. The molecule has 4 aromatic heterocycles. The highest BCUT2D eigenvalue weighted by Crippen LogP contribution is 2.44. The molecule has 4 nitrogen and oxygen atoms in total.